The SMILES string of the molecule is CC(C)(C)c1cc(NC(=O)CN2CCC(N)C(C)(C)C2)n(-c2ccccc2)n1. The van der Waals surface area contributed by atoms with Gasteiger partial charge in [0.15, 0.2) is 0 Å². The highest BCUT2D eigenvalue weighted by Crippen LogP contribution is 2.28. The number of amides is 1. The molecule has 1 aromatic carbocycles. The van der Waals surface area contributed by atoms with Crippen molar-refractivity contribution in [1.29, 1.82) is 0 Å². The van der Waals surface area contributed by atoms with Gasteiger partial charge < -0.3 is 11.1 Å². The number of rotatable bonds is 4. The maximum Gasteiger partial charge on any atom is 0.239 e. The average Bonchev–Trinajstić information content (AvgIpc) is 3.02. The Labute approximate surface area is 168 Å². The van der Waals surface area contributed by atoms with E-state index in [1.54, 1.807) is 0 Å². The molecule has 152 valence electrons. The summed E-state index contributed by atoms with van der Waals surface area (Å²) in [5.41, 5.74) is 8.00. The second-order valence-electron chi connectivity index (χ2n) is 9.55. The van der Waals surface area contributed by atoms with Crippen LogP contribution in [0.2, 0.25) is 0 Å². The van der Waals surface area contributed by atoms with Crippen LogP contribution in [0.4, 0.5) is 5.82 Å². The van der Waals surface area contributed by atoms with E-state index in [9.17, 15) is 4.79 Å². The number of benzene rings is 1. The molecule has 1 amide bonds. The molecule has 1 aromatic heterocycles. The van der Waals surface area contributed by atoms with Crippen LogP contribution < -0.4 is 11.1 Å². The fourth-order valence-corrected chi connectivity index (χ4v) is 3.61. The van der Waals surface area contributed by atoms with Crippen LogP contribution in [0.25, 0.3) is 5.69 Å². The first kappa shape index (κ1) is 20.6. The molecule has 6 nitrogen and oxygen atoms in total. The van der Waals surface area contributed by atoms with Crippen LogP contribution in [-0.4, -0.2) is 46.3 Å². The predicted molar refractivity (Wildman–Crippen MR) is 114 cm³/mol. The number of carbonyl (C=O) groups is 1. The zero-order valence-electron chi connectivity index (χ0n) is 17.7. The molecule has 1 aliphatic heterocycles. The van der Waals surface area contributed by atoms with Gasteiger partial charge in [0.2, 0.25) is 5.91 Å². The van der Waals surface area contributed by atoms with Crippen molar-refractivity contribution in [3.05, 3.63) is 42.1 Å². The molecule has 2 aromatic rings. The molecule has 3 N–H and O–H groups in total. The Kier molecular flexibility index (Phi) is 5.64. The van der Waals surface area contributed by atoms with Crippen molar-refractivity contribution >= 4 is 11.7 Å². The van der Waals surface area contributed by atoms with Gasteiger partial charge in [0.1, 0.15) is 5.82 Å². The molecule has 0 radical (unpaired) electrons. The van der Waals surface area contributed by atoms with Gasteiger partial charge >= 0.3 is 0 Å². The van der Waals surface area contributed by atoms with E-state index in [1.807, 2.05) is 41.1 Å². The molecular formula is C22H33N5O. The zero-order valence-corrected chi connectivity index (χ0v) is 17.7. The summed E-state index contributed by atoms with van der Waals surface area (Å²) in [4.78, 5) is 15.0. The van der Waals surface area contributed by atoms with E-state index >= 15 is 0 Å². The van der Waals surface area contributed by atoms with Gasteiger partial charge in [-0.25, -0.2) is 4.68 Å². The van der Waals surface area contributed by atoms with Crippen LogP contribution in [0.5, 0.6) is 0 Å². The number of nitrogens with two attached hydrogens (primary N) is 1. The second-order valence-corrected chi connectivity index (χ2v) is 9.55. The molecule has 1 saturated heterocycles. The third kappa shape index (κ3) is 4.62. The van der Waals surface area contributed by atoms with Gasteiger partial charge in [-0.05, 0) is 24.0 Å². The molecule has 1 atom stereocenters. The third-order valence-electron chi connectivity index (χ3n) is 5.50. The van der Waals surface area contributed by atoms with Crippen molar-refractivity contribution in [2.24, 2.45) is 11.1 Å². The van der Waals surface area contributed by atoms with Gasteiger partial charge in [0.05, 0.1) is 17.9 Å². The minimum Gasteiger partial charge on any atom is -0.327 e. The molecule has 0 aliphatic carbocycles. The lowest BCUT2D eigenvalue weighted by Gasteiger charge is -2.42. The summed E-state index contributed by atoms with van der Waals surface area (Å²) in [5, 5.41) is 7.83. The van der Waals surface area contributed by atoms with E-state index in [0.29, 0.717) is 12.4 Å². The summed E-state index contributed by atoms with van der Waals surface area (Å²) in [5.74, 6) is 0.679. The Hall–Kier alpha value is -2.18. The topological polar surface area (TPSA) is 76.2 Å². The Morgan fingerprint density at radius 3 is 2.57 bits per heavy atom. The Bertz CT molecular complexity index is 819. The maximum absolute atomic E-state index is 12.8. The molecule has 6 heteroatoms. The highest BCUT2D eigenvalue weighted by Gasteiger charge is 2.34. The summed E-state index contributed by atoms with van der Waals surface area (Å²) >= 11 is 0. The van der Waals surface area contributed by atoms with Gasteiger partial charge in [-0.3, -0.25) is 9.69 Å². The number of carbonyl (C=O) groups excluding carboxylic acids is 1. The Morgan fingerprint density at radius 2 is 1.96 bits per heavy atom. The van der Waals surface area contributed by atoms with Crippen molar-refractivity contribution < 1.29 is 4.79 Å². The average molecular weight is 384 g/mol. The lowest BCUT2D eigenvalue weighted by molar-refractivity contribution is -0.118. The number of likely N-dealkylation sites (tertiary alicyclic amines) is 1. The first-order valence-corrected chi connectivity index (χ1v) is 10.00. The van der Waals surface area contributed by atoms with Crippen molar-refractivity contribution in [3.63, 3.8) is 0 Å². The molecule has 2 heterocycles. The van der Waals surface area contributed by atoms with Crippen LogP contribution in [0.1, 0.15) is 46.7 Å². The quantitative estimate of drug-likeness (QED) is 0.850. The summed E-state index contributed by atoms with van der Waals surface area (Å²) in [6, 6.07) is 12.0. The number of hydrogen-bond acceptors (Lipinski definition) is 4. The minimum absolute atomic E-state index is 0.0176. The van der Waals surface area contributed by atoms with Gasteiger partial charge in [0, 0.05) is 30.6 Å². The predicted octanol–water partition coefficient (Wildman–Crippen LogP) is 3.17. The van der Waals surface area contributed by atoms with Gasteiger partial charge in [0.25, 0.3) is 0 Å². The van der Waals surface area contributed by atoms with Gasteiger partial charge in [-0.2, -0.15) is 5.10 Å². The summed E-state index contributed by atoms with van der Waals surface area (Å²) in [6.07, 6.45) is 0.913. The van der Waals surface area contributed by atoms with E-state index < -0.39 is 0 Å². The molecule has 28 heavy (non-hydrogen) atoms. The third-order valence-corrected chi connectivity index (χ3v) is 5.50. The molecular weight excluding hydrogens is 350 g/mol. The molecule has 0 spiro atoms. The van der Waals surface area contributed by atoms with Crippen LogP contribution in [-0.2, 0) is 10.2 Å². The molecule has 0 bridgehead atoms. The Balaban J connectivity index is 1.78. The van der Waals surface area contributed by atoms with Crippen molar-refractivity contribution in [2.75, 3.05) is 25.0 Å². The first-order chi connectivity index (χ1) is 13.1. The highest BCUT2D eigenvalue weighted by atomic mass is 16.2. The molecule has 1 unspecified atom stereocenters. The van der Waals surface area contributed by atoms with E-state index in [-0.39, 0.29) is 22.8 Å². The van der Waals surface area contributed by atoms with Gasteiger partial charge in [-0.1, -0.05) is 52.8 Å². The van der Waals surface area contributed by atoms with Crippen LogP contribution >= 0.6 is 0 Å². The monoisotopic (exact) mass is 383 g/mol. The first-order valence-electron chi connectivity index (χ1n) is 10.00. The van der Waals surface area contributed by atoms with Crippen LogP contribution in [0.15, 0.2) is 36.4 Å². The van der Waals surface area contributed by atoms with Crippen molar-refractivity contribution in [1.82, 2.24) is 14.7 Å². The van der Waals surface area contributed by atoms with Crippen LogP contribution in [0.3, 0.4) is 0 Å². The molecule has 3 rings (SSSR count). The fraction of sp³-hybridized carbons (Fsp3) is 0.545. The minimum atomic E-state index is -0.105. The standard InChI is InChI=1S/C22H33N5O/c1-21(2,3)18-13-19(27(25-18)16-9-7-6-8-10-16)24-20(28)14-26-12-11-17(23)22(4,5)15-26/h6-10,13,17H,11-12,14-15,23H2,1-5H3,(H,24,28). The van der Waals surface area contributed by atoms with E-state index in [2.05, 4.69) is 44.8 Å². The van der Waals surface area contributed by atoms with Gasteiger partial charge in [-0.15, -0.1) is 0 Å². The van der Waals surface area contributed by atoms with E-state index in [1.165, 1.54) is 0 Å². The lowest BCUT2D eigenvalue weighted by Crippen LogP contribution is -2.53. The second kappa shape index (κ2) is 7.68. The van der Waals surface area contributed by atoms with E-state index in [4.69, 9.17) is 10.8 Å². The normalized spacial score (nSPS) is 20.1. The number of hydrogen-bond donors (Lipinski definition) is 2. The number of nitrogens with one attached hydrogen (secondary N) is 1. The van der Waals surface area contributed by atoms with Crippen LogP contribution in [0, 0.1) is 5.41 Å². The number of piperidine rings is 1. The number of para-hydroxylation sites is 1. The number of aromatic nitrogens is 2. The highest BCUT2D eigenvalue weighted by molar-refractivity contribution is 5.91. The van der Waals surface area contributed by atoms with Crippen molar-refractivity contribution in [3.8, 4) is 5.69 Å². The molecule has 1 fully saturated rings. The maximum atomic E-state index is 12.8. The number of nitrogens with zero attached hydrogens (tertiary/aromatic N) is 3. The largest absolute Gasteiger partial charge is 0.327 e. The van der Waals surface area contributed by atoms with Crippen molar-refractivity contribution in [2.45, 2.75) is 52.5 Å². The van der Waals surface area contributed by atoms with E-state index in [0.717, 1.165) is 30.9 Å². The lowest BCUT2D eigenvalue weighted by atomic mass is 9.80. The fourth-order valence-electron chi connectivity index (χ4n) is 3.61. The summed E-state index contributed by atoms with van der Waals surface area (Å²) in [6.45, 7) is 12.7. The molecule has 1 aliphatic rings. The summed E-state index contributed by atoms with van der Waals surface area (Å²) < 4.78 is 1.81. The molecule has 0 saturated carbocycles. The smallest absolute Gasteiger partial charge is 0.239 e. The zero-order chi connectivity index (χ0) is 20.5. The Morgan fingerprint density at radius 1 is 1.29 bits per heavy atom. The summed E-state index contributed by atoms with van der Waals surface area (Å²) in [7, 11) is 0. The number of anilines is 1.